The summed E-state index contributed by atoms with van der Waals surface area (Å²) in [6, 6.07) is -1.36. The first kappa shape index (κ1) is 28.1. The molecule has 39 heavy (non-hydrogen) atoms. The quantitative estimate of drug-likeness (QED) is 0.304. The van der Waals surface area contributed by atoms with Crippen LogP contribution in [0, 0.1) is 35.5 Å². The van der Waals surface area contributed by atoms with E-state index in [2.05, 4.69) is 17.1 Å². The van der Waals surface area contributed by atoms with Crippen LogP contribution in [0.25, 0.3) is 0 Å². The molecule has 1 saturated carbocycles. The van der Waals surface area contributed by atoms with Gasteiger partial charge in [0.05, 0.1) is 10.6 Å². The third-order valence-corrected chi connectivity index (χ3v) is 9.90. The van der Waals surface area contributed by atoms with Gasteiger partial charge in [0.15, 0.2) is 0 Å². The van der Waals surface area contributed by atoms with Gasteiger partial charge in [-0.1, -0.05) is 61.0 Å². The smallest absolute Gasteiger partial charge is 0.321 e. The molecule has 2 heterocycles. The van der Waals surface area contributed by atoms with E-state index in [1.165, 1.54) is 6.92 Å². The molecule has 0 amide bonds. The van der Waals surface area contributed by atoms with E-state index in [0.29, 0.717) is 17.6 Å². The lowest BCUT2D eigenvalue weighted by Crippen LogP contribution is -2.68. The van der Waals surface area contributed by atoms with Crippen molar-refractivity contribution in [1.82, 2.24) is 5.32 Å². The molecule has 0 aromatic rings. The summed E-state index contributed by atoms with van der Waals surface area (Å²) in [7, 11) is 0. The van der Waals surface area contributed by atoms with Crippen LogP contribution in [0.3, 0.4) is 0 Å². The number of nitrogens with one attached hydrogen (secondary N) is 1. The van der Waals surface area contributed by atoms with Crippen molar-refractivity contribution >= 4 is 29.3 Å². The summed E-state index contributed by atoms with van der Waals surface area (Å²) in [6.07, 6.45) is 4.76. The minimum absolute atomic E-state index is 0.0731. The van der Waals surface area contributed by atoms with Gasteiger partial charge in [-0.3, -0.25) is 14.9 Å². The van der Waals surface area contributed by atoms with E-state index >= 15 is 0 Å². The summed E-state index contributed by atoms with van der Waals surface area (Å²) < 4.78 is 5.87. The highest BCUT2D eigenvalue weighted by molar-refractivity contribution is 6.47. The van der Waals surface area contributed by atoms with Crippen LogP contribution in [0.15, 0.2) is 51.7 Å². The van der Waals surface area contributed by atoms with Crippen molar-refractivity contribution in [3.05, 3.63) is 46.6 Å². The van der Waals surface area contributed by atoms with Crippen LogP contribution in [0.2, 0.25) is 0 Å². The summed E-state index contributed by atoms with van der Waals surface area (Å²) in [5.74, 6) is -4.97. The largest absolute Gasteiger partial charge is 0.480 e. The van der Waals surface area contributed by atoms with Crippen LogP contribution >= 0.6 is 11.6 Å². The number of carboxylic acid groups (broad SMARTS) is 1. The number of hydrogen-bond donors (Lipinski definition) is 4. The number of oxime groups is 1. The first-order valence-electron chi connectivity index (χ1n) is 13.5. The molecule has 5 aliphatic rings. The van der Waals surface area contributed by atoms with E-state index in [1.807, 2.05) is 33.8 Å². The van der Waals surface area contributed by atoms with E-state index in [0.717, 1.165) is 12.0 Å². The molecule has 10 heteroatoms. The highest BCUT2D eigenvalue weighted by Gasteiger charge is 2.71. The van der Waals surface area contributed by atoms with Crippen molar-refractivity contribution in [2.24, 2.45) is 40.7 Å². The first-order valence-corrected chi connectivity index (χ1v) is 13.9. The van der Waals surface area contributed by atoms with Crippen LogP contribution in [0.5, 0.6) is 0 Å². The fraction of sp³-hybridized carbons (Fsp3) is 0.621. The number of carboxylic acids is 1. The zero-order valence-corrected chi connectivity index (χ0v) is 23.6. The van der Waals surface area contributed by atoms with Crippen molar-refractivity contribution in [2.75, 3.05) is 0 Å². The Labute approximate surface area is 233 Å². The van der Waals surface area contributed by atoms with Crippen LogP contribution in [-0.4, -0.2) is 62.5 Å². The Morgan fingerprint density at radius 2 is 1.87 bits per heavy atom. The number of ether oxygens (including phenoxy) is 1. The Balaban J connectivity index is 1.77. The number of halogens is 1. The Morgan fingerprint density at radius 3 is 2.49 bits per heavy atom. The van der Waals surface area contributed by atoms with Gasteiger partial charge in [0.2, 0.25) is 6.23 Å². The Bertz CT molecular complexity index is 1240. The lowest BCUT2D eigenvalue weighted by molar-refractivity contribution is -0.212. The van der Waals surface area contributed by atoms with Crippen LogP contribution in [0.1, 0.15) is 47.5 Å². The second-order valence-corrected chi connectivity index (χ2v) is 12.4. The van der Waals surface area contributed by atoms with E-state index < -0.39 is 59.3 Å². The van der Waals surface area contributed by atoms with Crippen molar-refractivity contribution in [2.45, 2.75) is 77.0 Å². The van der Waals surface area contributed by atoms with Crippen LogP contribution in [0.4, 0.5) is 0 Å². The van der Waals surface area contributed by atoms with Gasteiger partial charge in [0, 0.05) is 30.3 Å². The molecule has 11 atom stereocenters. The summed E-state index contributed by atoms with van der Waals surface area (Å²) in [4.78, 5) is 30.9. The molecule has 0 spiro atoms. The average Bonchev–Trinajstić information content (AvgIpc) is 3.14. The Morgan fingerprint density at radius 1 is 1.18 bits per heavy atom. The summed E-state index contributed by atoms with van der Waals surface area (Å²) in [5, 5.41) is 43.4. The van der Waals surface area contributed by atoms with E-state index in [9.17, 15) is 24.9 Å². The van der Waals surface area contributed by atoms with Gasteiger partial charge in [-0.05, 0) is 50.0 Å². The normalized spacial score (nSPS) is 44.8. The fourth-order valence-corrected chi connectivity index (χ4v) is 8.21. The molecule has 0 bridgehead atoms. The molecule has 1 saturated heterocycles. The number of fused-ring (bicyclic) bond motifs is 4. The number of allylic oxidation sites excluding steroid dienone is 4. The summed E-state index contributed by atoms with van der Waals surface area (Å²) in [5.41, 5.74) is -1.34. The monoisotopic (exact) mass is 560 g/mol. The molecule has 212 valence electrons. The lowest BCUT2D eigenvalue weighted by atomic mass is 9.49. The maximum atomic E-state index is 12.9. The number of aliphatic hydroxyl groups is 2. The van der Waals surface area contributed by atoms with Gasteiger partial charge in [-0.2, -0.15) is 0 Å². The van der Waals surface area contributed by atoms with Crippen molar-refractivity contribution in [1.29, 1.82) is 0 Å². The predicted molar refractivity (Wildman–Crippen MR) is 144 cm³/mol. The van der Waals surface area contributed by atoms with Crippen molar-refractivity contribution in [3.63, 3.8) is 0 Å². The van der Waals surface area contributed by atoms with Crippen molar-refractivity contribution < 1.29 is 34.5 Å². The molecule has 0 aromatic heterocycles. The summed E-state index contributed by atoms with van der Waals surface area (Å²) in [6.45, 7) is 13.0. The van der Waals surface area contributed by atoms with E-state index in [1.54, 1.807) is 12.2 Å². The molecule has 2 fully saturated rings. The third kappa shape index (κ3) is 4.04. The highest BCUT2D eigenvalue weighted by atomic mass is 35.5. The van der Waals surface area contributed by atoms with Crippen LogP contribution in [-0.2, 0) is 19.2 Å². The number of rotatable bonds is 4. The van der Waals surface area contributed by atoms with E-state index in [4.69, 9.17) is 21.2 Å². The maximum absolute atomic E-state index is 12.9. The van der Waals surface area contributed by atoms with Gasteiger partial charge in [-0.15, -0.1) is 0 Å². The lowest BCUT2D eigenvalue weighted by Gasteiger charge is -2.59. The zero-order valence-electron chi connectivity index (χ0n) is 22.8. The molecular formula is C29H37ClN2O7. The summed E-state index contributed by atoms with van der Waals surface area (Å²) >= 11 is 6.53. The SMILES string of the molecule is C=C(C)[C@@H]1CCC(C)[C@]2(O)C([C@H]3[C@@H](C(=O)O)N[C@@H]4ON=C5C(Cl)=C[C@H](C)C=C5[C@@]43O)[C@@H](OC(C)=O)C(C)=C[C@@H]12. The molecule has 3 aliphatic carbocycles. The molecule has 0 radical (unpaired) electrons. The predicted octanol–water partition coefficient (Wildman–Crippen LogP) is 3.28. The van der Waals surface area contributed by atoms with Gasteiger partial charge in [0.25, 0.3) is 0 Å². The number of hydrogen-bond acceptors (Lipinski definition) is 8. The fourth-order valence-electron chi connectivity index (χ4n) is 7.88. The minimum Gasteiger partial charge on any atom is -0.480 e. The molecule has 2 unspecified atom stereocenters. The van der Waals surface area contributed by atoms with Gasteiger partial charge < -0.3 is 24.9 Å². The second-order valence-electron chi connectivity index (χ2n) is 12.0. The van der Waals surface area contributed by atoms with Gasteiger partial charge >= 0.3 is 11.9 Å². The molecule has 0 aromatic carbocycles. The highest BCUT2D eigenvalue weighted by Crippen LogP contribution is 2.60. The van der Waals surface area contributed by atoms with Crippen molar-refractivity contribution in [3.8, 4) is 0 Å². The number of carbonyl (C=O) groups excluding carboxylic acids is 1. The zero-order chi connectivity index (χ0) is 28.6. The molecule has 4 N–H and O–H groups in total. The van der Waals surface area contributed by atoms with E-state index in [-0.39, 0.29) is 28.5 Å². The number of aliphatic carboxylic acids is 1. The molecule has 9 nitrogen and oxygen atoms in total. The Hall–Kier alpha value is -2.46. The third-order valence-electron chi connectivity index (χ3n) is 9.60. The number of nitrogens with zero attached hydrogens (tertiary/aromatic N) is 1. The number of esters is 1. The molecule has 2 aliphatic heterocycles. The van der Waals surface area contributed by atoms with Crippen LogP contribution < -0.4 is 5.32 Å². The molecule has 5 rings (SSSR count). The topological polar surface area (TPSA) is 138 Å². The maximum Gasteiger partial charge on any atom is 0.321 e. The minimum atomic E-state index is -1.96. The van der Waals surface area contributed by atoms with Gasteiger partial charge in [0.1, 0.15) is 23.5 Å². The standard InChI is InChI=1S/C29H37ClN2O7/c1-12(2)17-8-7-15(5)28(36)18(17)11-14(4)25(38-16(6)33)22(28)21-24(26(34)35)31-27-29(21,37)19-9-13(3)10-20(30)23(19)32-39-27/h9-11,13,15,17-18,21-22,24-25,27,31,36-37H,1,7-8H2,2-6H3,(H,34,35)/t13-,15?,17+,18+,21+,22?,24+,25+,27-,28-,29+/m1/s1. The Kier molecular flexibility index (Phi) is 6.90. The molecular weight excluding hydrogens is 524 g/mol. The average molecular weight is 561 g/mol. The van der Waals surface area contributed by atoms with Gasteiger partial charge in [-0.25, -0.2) is 0 Å². The number of carbonyl (C=O) groups is 2. The second kappa shape index (κ2) is 9.58. The first-order chi connectivity index (χ1) is 18.2.